The number of anilines is 1. The van der Waals surface area contributed by atoms with E-state index in [0.717, 1.165) is 27.9 Å². The zero-order valence-electron chi connectivity index (χ0n) is 13.9. The molecule has 0 aliphatic heterocycles. The molecule has 0 spiro atoms. The highest BCUT2D eigenvalue weighted by Gasteiger charge is 2.11. The van der Waals surface area contributed by atoms with Gasteiger partial charge in [-0.15, -0.1) is 0 Å². The number of aryl methyl sites for hydroxylation is 4. The fourth-order valence-corrected chi connectivity index (χ4v) is 2.35. The maximum Gasteiger partial charge on any atom is 0.266 e. The molecule has 3 heteroatoms. The number of carbonyl (C=O) groups is 1. The number of hydrogen-bond acceptors (Lipinski definition) is 2. The lowest BCUT2D eigenvalue weighted by molar-refractivity contribution is -0.112. The van der Waals surface area contributed by atoms with Gasteiger partial charge in [0.2, 0.25) is 0 Å². The second-order valence-electron chi connectivity index (χ2n) is 5.73. The van der Waals surface area contributed by atoms with E-state index in [-0.39, 0.29) is 11.5 Å². The molecule has 0 saturated heterocycles. The molecule has 1 amide bonds. The van der Waals surface area contributed by atoms with Crippen LogP contribution in [-0.4, -0.2) is 5.91 Å². The maximum atomic E-state index is 12.4. The van der Waals surface area contributed by atoms with Gasteiger partial charge in [0, 0.05) is 5.69 Å². The molecule has 0 unspecified atom stereocenters. The van der Waals surface area contributed by atoms with Crippen LogP contribution in [0.5, 0.6) is 0 Å². The van der Waals surface area contributed by atoms with Crippen LogP contribution in [0.15, 0.2) is 42.0 Å². The van der Waals surface area contributed by atoms with Gasteiger partial charge in [-0.1, -0.05) is 30.3 Å². The molecule has 2 aromatic rings. The summed E-state index contributed by atoms with van der Waals surface area (Å²) in [5, 5.41) is 12.1. The second kappa shape index (κ2) is 6.93. The van der Waals surface area contributed by atoms with Gasteiger partial charge in [0.25, 0.3) is 5.91 Å². The number of amides is 1. The Hall–Kier alpha value is -2.86. The molecule has 0 radical (unpaired) electrons. The lowest BCUT2D eigenvalue weighted by Crippen LogP contribution is -2.14. The highest BCUT2D eigenvalue weighted by molar-refractivity contribution is 6.10. The van der Waals surface area contributed by atoms with Crippen molar-refractivity contribution in [2.75, 3.05) is 5.32 Å². The van der Waals surface area contributed by atoms with Gasteiger partial charge in [0.1, 0.15) is 11.6 Å². The van der Waals surface area contributed by atoms with Gasteiger partial charge in [-0.2, -0.15) is 5.26 Å². The number of nitriles is 1. The minimum absolute atomic E-state index is 0.0969. The number of nitrogens with zero attached hydrogens (tertiary/aromatic N) is 1. The van der Waals surface area contributed by atoms with Crippen molar-refractivity contribution in [3.05, 3.63) is 69.8 Å². The van der Waals surface area contributed by atoms with Crippen molar-refractivity contribution < 1.29 is 4.79 Å². The van der Waals surface area contributed by atoms with Crippen molar-refractivity contribution in [3.63, 3.8) is 0 Å². The number of nitrogens with one attached hydrogen (secondary N) is 1. The first kappa shape index (κ1) is 16.5. The summed E-state index contributed by atoms with van der Waals surface area (Å²) in [6, 6.07) is 13.6. The average molecular weight is 304 g/mol. The monoisotopic (exact) mass is 304 g/mol. The molecule has 116 valence electrons. The molecule has 2 aromatic carbocycles. The number of benzene rings is 2. The Labute approximate surface area is 137 Å². The van der Waals surface area contributed by atoms with Crippen LogP contribution in [-0.2, 0) is 4.79 Å². The molecule has 23 heavy (non-hydrogen) atoms. The number of hydrogen-bond donors (Lipinski definition) is 1. The highest BCUT2D eigenvalue weighted by Crippen LogP contribution is 2.19. The predicted molar refractivity (Wildman–Crippen MR) is 94.1 cm³/mol. The van der Waals surface area contributed by atoms with E-state index < -0.39 is 0 Å². The Morgan fingerprint density at radius 3 is 2.30 bits per heavy atom. The third-order valence-electron chi connectivity index (χ3n) is 3.94. The fraction of sp³-hybridized carbons (Fsp3) is 0.200. The van der Waals surface area contributed by atoms with Crippen molar-refractivity contribution in [1.82, 2.24) is 0 Å². The van der Waals surface area contributed by atoms with E-state index in [1.807, 2.05) is 64.1 Å². The smallest absolute Gasteiger partial charge is 0.266 e. The third-order valence-corrected chi connectivity index (χ3v) is 3.94. The molecule has 3 nitrogen and oxygen atoms in total. The van der Waals surface area contributed by atoms with Crippen molar-refractivity contribution in [1.29, 1.82) is 5.26 Å². The van der Waals surface area contributed by atoms with Crippen LogP contribution in [0, 0.1) is 39.0 Å². The summed E-state index contributed by atoms with van der Waals surface area (Å²) >= 11 is 0. The Bertz CT molecular complexity index is 826. The van der Waals surface area contributed by atoms with Gasteiger partial charge in [0.15, 0.2) is 0 Å². The Morgan fingerprint density at radius 1 is 1.00 bits per heavy atom. The summed E-state index contributed by atoms with van der Waals surface area (Å²) in [5.74, 6) is -0.389. The lowest BCUT2D eigenvalue weighted by Gasteiger charge is -2.09. The first-order chi connectivity index (χ1) is 10.9. The number of carbonyl (C=O) groups excluding carboxylic acids is 1. The molecule has 0 aliphatic carbocycles. The van der Waals surface area contributed by atoms with Gasteiger partial charge >= 0.3 is 0 Å². The summed E-state index contributed by atoms with van der Waals surface area (Å²) in [7, 11) is 0. The van der Waals surface area contributed by atoms with Crippen LogP contribution >= 0.6 is 0 Å². The van der Waals surface area contributed by atoms with Crippen molar-refractivity contribution >= 4 is 17.7 Å². The van der Waals surface area contributed by atoms with Gasteiger partial charge in [0.05, 0.1) is 0 Å². The predicted octanol–water partition coefficient (Wildman–Crippen LogP) is 4.47. The molecule has 0 fully saturated rings. The Morgan fingerprint density at radius 2 is 1.65 bits per heavy atom. The third kappa shape index (κ3) is 3.87. The Kier molecular flexibility index (Phi) is 4.98. The second-order valence-corrected chi connectivity index (χ2v) is 5.73. The largest absolute Gasteiger partial charge is 0.321 e. The highest BCUT2D eigenvalue weighted by atomic mass is 16.1. The molecular weight excluding hydrogens is 284 g/mol. The standard InChI is InChI=1S/C20H20N2O/c1-13-7-5-6-8-19(13)22-20(23)18(12-21)11-17-10-15(3)14(2)9-16(17)4/h5-11H,1-4H3,(H,22,23)/b18-11+. The summed E-state index contributed by atoms with van der Waals surface area (Å²) in [6.45, 7) is 7.96. The molecule has 0 heterocycles. The first-order valence-corrected chi connectivity index (χ1v) is 7.49. The van der Waals surface area contributed by atoms with E-state index in [0.29, 0.717) is 0 Å². The average Bonchev–Trinajstić information content (AvgIpc) is 2.51. The molecule has 1 N–H and O–H groups in total. The van der Waals surface area contributed by atoms with Crippen LogP contribution in [0.2, 0.25) is 0 Å². The molecule has 0 atom stereocenters. The van der Waals surface area contributed by atoms with Gasteiger partial charge in [-0.05, 0) is 67.7 Å². The SMILES string of the molecule is Cc1cc(C)c(/C=C(\C#N)C(=O)Nc2ccccc2C)cc1C. The summed E-state index contributed by atoms with van der Waals surface area (Å²) < 4.78 is 0. The fourth-order valence-electron chi connectivity index (χ4n) is 2.35. The normalized spacial score (nSPS) is 11.0. The zero-order chi connectivity index (χ0) is 17.0. The van der Waals surface area contributed by atoms with Crippen molar-refractivity contribution in [2.45, 2.75) is 27.7 Å². The van der Waals surface area contributed by atoms with Crippen LogP contribution in [0.4, 0.5) is 5.69 Å². The van der Waals surface area contributed by atoms with Crippen LogP contribution in [0.3, 0.4) is 0 Å². The minimum atomic E-state index is -0.389. The van der Waals surface area contributed by atoms with Crippen LogP contribution in [0.1, 0.15) is 27.8 Å². The summed E-state index contributed by atoms with van der Waals surface area (Å²) in [4.78, 5) is 12.4. The number of rotatable bonds is 3. The summed E-state index contributed by atoms with van der Waals surface area (Å²) in [6.07, 6.45) is 1.65. The minimum Gasteiger partial charge on any atom is -0.321 e. The summed E-state index contributed by atoms with van der Waals surface area (Å²) in [5.41, 5.74) is 6.05. The molecule has 0 saturated carbocycles. The lowest BCUT2D eigenvalue weighted by atomic mass is 9.99. The van der Waals surface area contributed by atoms with Crippen molar-refractivity contribution in [3.8, 4) is 6.07 Å². The zero-order valence-corrected chi connectivity index (χ0v) is 13.9. The number of para-hydroxylation sites is 1. The van der Waals surface area contributed by atoms with Gasteiger partial charge in [-0.25, -0.2) is 0 Å². The molecule has 0 aliphatic rings. The topological polar surface area (TPSA) is 52.9 Å². The van der Waals surface area contributed by atoms with Crippen LogP contribution < -0.4 is 5.32 Å². The quantitative estimate of drug-likeness (QED) is 0.672. The van der Waals surface area contributed by atoms with E-state index in [9.17, 15) is 10.1 Å². The molecular formula is C20H20N2O. The Balaban J connectivity index is 2.33. The maximum absolute atomic E-state index is 12.4. The van der Waals surface area contributed by atoms with E-state index in [1.54, 1.807) is 6.08 Å². The van der Waals surface area contributed by atoms with E-state index in [2.05, 4.69) is 11.4 Å². The van der Waals surface area contributed by atoms with E-state index in [1.165, 1.54) is 5.56 Å². The van der Waals surface area contributed by atoms with E-state index >= 15 is 0 Å². The van der Waals surface area contributed by atoms with Gasteiger partial charge in [-0.3, -0.25) is 4.79 Å². The van der Waals surface area contributed by atoms with E-state index in [4.69, 9.17) is 0 Å². The van der Waals surface area contributed by atoms with Crippen molar-refractivity contribution in [2.24, 2.45) is 0 Å². The molecule has 0 aromatic heterocycles. The molecule has 0 bridgehead atoms. The first-order valence-electron chi connectivity index (χ1n) is 7.49. The van der Waals surface area contributed by atoms with Gasteiger partial charge < -0.3 is 5.32 Å². The van der Waals surface area contributed by atoms with Crippen LogP contribution in [0.25, 0.3) is 6.08 Å². The molecule has 2 rings (SSSR count).